The van der Waals surface area contributed by atoms with E-state index in [0.29, 0.717) is 27.8 Å². The van der Waals surface area contributed by atoms with Crippen molar-refractivity contribution in [1.29, 1.82) is 0 Å². The lowest BCUT2D eigenvalue weighted by molar-refractivity contribution is 0.396. The third-order valence-corrected chi connectivity index (χ3v) is 7.03. The van der Waals surface area contributed by atoms with E-state index in [0.717, 1.165) is 5.56 Å². The van der Waals surface area contributed by atoms with Crippen LogP contribution in [0.25, 0.3) is 0 Å². The zero-order valence-electron chi connectivity index (χ0n) is 17.3. The monoisotopic (exact) mass is 445 g/mol. The summed E-state index contributed by atoms with van der Waals surface area (Å²) in [6.07, 6.45) is 0. The maximum Gasteiger partial charge on any atom is 0.264 e. The number of nitrogens with zero attached hydrogens (tertiary/aromatic N) is 1. The fraction of sp³-hybridized carbons (Fsp3) is 0.217. The highest BCUT2D eigenvalue weighted by molar-refractivity contribution is 7.92. The summed E-state index contributed by atoms with van der Waals surface area (Å²) in [5, 5.41) is 0.471. The van der Waals surface area contributed by atoms with E-state index in [4.69, 9.17) is 21.1 Å². The largest absolute Gasteiger partial charge is 0.497 e. The maximum atomic E-state index is 13.7. The second-order valence-electron chi connectivity index (χ2n) is 6.88. The van der Waals surface area contributed by atoms with Crippen LogP contribution in [-0.4, -0.2) is 22.6 Å². The molecule has 0 aliphatic heterocycles. The van der Waals surface area contributed by atoms with Crippen LogP contribution in [0.15, 0.2) is 71.6 Å². The maximum absolute atomic E-state index is 13.7. The lowest BCUT2D eigenvalue weighted by Crippen LogP contribution is -2.34. The second-order valence-corrected chi connectivity index (χ2v) is 9.13. The van der Waals surface area contributed by atoms with E-state index in [2.05, 4.69) is 0 Å². The Hall–Kier alpha value is -2.70. The summed E-state index contributed by atoms with van der Waals surface area (Å²) in [4.78, 5) is 0.155. The molecule has 5 nitrogen and oxygen atoms in total. The first-order valence-electron chi connectivity index (χ1n) is 9.36. The number of halogens is 1. The van der Waals surface area contributed by atoms with Crippen LogP contribution in [0.3, 0.4) is 0 Å². The third-order valence-electron chi connectivity index (χ3n) is 4.87. The number of sulfonamides is 1. The SMILES string of the molecule is COc1ccc(OC)c([C@H](C)N(c2cccc(C)c2)S(=O)(=O)c2ccc(Cl)cc2)c1. The van der Waals surface area contributed by atoms with E-state index in [1.54, 1.807) is 50.6 Å². The number of methoxy groups -OCH3 is 2. The van der Waals surface area contributed by atoms with Crippen molar-refractivity contribution in [2.24, 2.45) is 0 Å². The van der Waals surface area contributed by atoms with Gasteiger partial charge in [0.25, 0.3) is 10.0 Å². The Morgan fingerprint density at radius 1 is 0.933 bits per heavy atom. The van der Waals surface area contributed by atoms with Gasteiger partial charge in [-0.3, -0.25) is 4.31 Å². The average Bonchev–Trinajstić information content (AvgIpc) is 2.73. The van der Waals surface area contributed by atoms with Gasteiger partial charge in [0.05, 0.1) is 30.8 Å². The van der Waals surface area contributed by atoms with E-state index in [1.807, 2.05) is 32.0 Å². The van der Waals surface area contributed by atoms with Crippen LogP contribution >= 0.6 is 11.6 Å². The lowest BCUT2D eigenvalue weighted by atomic mass is 10.1. The molecule has 0 spiro atoms. The molecule has 0 saturated carbocycles. The fourth-order valence-corrected chi connectivity index (χ4v) is 5.10. The number of hydrogen-bond donors (Lipinski definition) is 0. The van der Waals surface area contributed by atoms with Crippen LogP contribution < -0.4 is 13.8 Å². The van der Waals surface area contributed by atoms with E-state index >= 15 is 0 Å². The zero-order chi connectivity index (χ0) is 21.9. The predicted molar refractivity (Wildman–Crippen MR) is 120 cm³/mol. The minimum Gasteiger partial charge on any atom is -0.497 e. The Bertz CT molecular complexity index is 1130. The molecule has 0 saturated heterocycles. The predicted octanol–water partition coefficient (Wildman–Crippen LogP) is 5.62. The molecule has 0 radical (unpaired) electrons. The Labute approximate surface area is 182 Å². The number of ether oxygens (including phenoxy) is 2. The molecule has 0 heterocycles. The number of aryl methyl sites for hydroxylation is 1. The van der Waals surface area contributed by atoms with Gasteiger partial charge in [-0.1, -0.05) is 23.7 Å². The number of rotatable bonds is 7. The van der Waals surface area contributed by atoms with Gasteiger partial charge in [0.2, 0.25) is 0 Å². The second kappa shape index (κ2) is 8.98. The van der Waals surface area contributed by atoms with Gasteiger partial charge in [0.15, 0.2) is 0 Å². The van der Waals surface area contributed by atoms with Crippen molar-refractivity contribution in [3.8, 4) is 11.5 Å². The van der Waals surface area contributed by atoms with Crippen molar-refractivity contribution in [1.82, 2.24) is 0 Å². The van der Waals surface area contributed by atoms with Crippen molar-refractivity contribution in [2.45, 2.75) is 24.8 Å². The summed E-state index contributed by atoms with van der Waals surface area (Å²) in [7, 11) is -0.775. The molecule has 0 aromatic heterocycles. The summed E-state index contributed by atoms with van der Waals surface area (Å²) in [6, 6.07) is 18.3. The molecule has 0 amide bonds. The molecular weight excluding hydrogens is 422 g/mol. The molecular formula is C23H24ClNO4S. The number of benzene rings is 3. The zero-order valence-corrected chi connectivity index (χ0v) is 18.9. The van der Waals surface area contributed by atoms with Crippen molar-refractivity contribution in [3.05, 3.63) is 82.9 Å². The Balaban J connectivity index is 2.21. The summed E-state index contributed by atoms with van der Waals surface area (Å²) in [6.45, 7) is 3.75. The molecule has 30 heavy (non-hydrogen) atoms. The first-order valence-corrected chi connectivity index (χ1v) is 11.2. The highest BCUT2D eigenvalue weighted by atomic mass is 35.5. The van der Waals surface area contributed by atoms with Crippen molar-refractivity contribution < 1.29 is 17.9 Å². The van der Waals surface area contributed by atoms with Gasteiger partial charge >= 0.3 is 0 Å². The van der Waals surface area contributed by atoms with Crippen LogP contribution in [0.5, 0.6) is 11.5 Å². The highest BCUT2D eigenvalue weighted by Gasteiger charge is 2.32. The molecule has 3 aromatic rings. The molecule has 0 fully saturated rings. The number of hydrogen-bond acceptors (Lipinski definition) is 4. The van der Waals surface area contributed by atoms with Gasteiger partial charge in [-0.15, -0.1) is 0 Å². The van der Waals surface area contributed by atoms with Crippen molar-refractivity contribution in [3.63, 3.8) is 0 Å². The van der Waals surface area contributed by atoms with Crippen LogP contribution in [0.4, 0.5) is 5.69 Å². The van der Waals surface area contributed by atoms with Gasteiger partial charge in [0.1, 0.15) is 11.5 Å². The third kappa shape index (κ3) is 4.40. The standard InChI is InChI=1S/C23H24ClNO4S/c1-16-6-5-7-19(14-16)25(30(26,27)21-11-8-18(24)9-12-21)17(2)22-15-20(28-3)10-13-23(22)29-4/h5-15,17H,1-4H3/t17-/m0/s1. The molecule has 3 rings (SSSR count). The minimum absolute atomic E-state index is 0.155. The minimum atomic E-state index is -3.90. The van der Waals surface area contributed by atoms with Gasteiger partial charge in [-0.05, 0) is 74.0 Å². The lowest BCUT2D eigenvalue weighted by Gasteiger charge is -2.32. The Kier molecular flexibility index (Phi) is 6.58. The van der Waals surface area contributed by atoms with Gasteiger partial charge < -0.3 is 9.47 Å². The summed E-state index contributed by atoms with van der Waals surface area (Å²) in [5.41, 5.74) is 2.20. The fourth-order valence-electron chi connectivity index (χ4n) is 3.35. The Morgan fingerprint density at radius 3 is 2.23 bits per heavy atom. The molecule has 0 unspecified atom stereocenters. The molecule has 0 aliphatic carbocycles. The van der Waals surface area contributed by atoms with Crippen LogP contribution in [-0.2, 0) is 10.0 Å². The molecule has 0 N–H and O–H groups in total. The van der Waals surface area contributed by atoms with Crippen LogP contribution in [0.1, 0.15) is 24.1 Å². The molecule has 7 heteroatoms. The summed E-state index contributed by atoms with van der Waals surface area (Å²) in [5.74, 6) is 1.19. The topological polar surface area (TPSA) is 55.8 Å². The first kappa shape index (κ1) is 22.0. The van der Waals surface area contributed by atoms with Gasteiger partial charge in [0, 0.05) is 10.6 Å². The molecule has 158 valence electrons. The first-order chi connectivity index (χ1) is 14.3. The smallest absolute Gasteiger partial charge is 0.264 e. The van der Waals surface area contributed by atoms with E-state index in [1.165, 1.54) is 16.4 Å². The van der Waals surface area contributed by atoms with Crippen molar-refractivity contribution in [2.75, 3.05) is 18.5 Å². The van der Waals surface area contributed by atoms with Gasteiger partial charge in [-0.2, -0.15) is 0 Å². The average molecular weight is 446 g/mol. The van der Waals surface area contributed by atoms with E-state index in [-0.39, 0.29) is 4.90 Å². The molecule has 0 bridgehead atoms. The Morgan fingerprint density at radius 2 is 1.63 bits per heavy atom. The van der Waals surface area contributed by atoms with E-state index in [9.17, 15) is 8.42 Å². The van der Waals surface area contributed by atoms with Crippen LogP contribution in [0.2, 0.25) is 5.02 Å². The molecule has 1 atom stereocenters. The number of anilines is 1. The molecule has 0 aliphatic rings. The summed E-state index contributed by atoms with van der Waals surface area (Å²) >= 11 is 5.97. The normalized spacial score (nSPS) is 12.3. The summed E-state index contributed by atoms with van der Waals surface area (Å²) < 4.78 is 39.7. The van der Waals surface area contributed by atoms with Crippen molar-refractivity contribution >= 4 is 27.3 Å². The molecule has 3 aromatic carbocycles. The van der Waals surface area contributed by atoms with Gasteiger partial charge in [-0.25, -0.2) is 8.42 Å². The quantitative estimate of drug-likeness (QED) is 0.473. The van der Waals surface area contributed by atoms with E-state index < -0.39 is 16.1 Å². The van der Waals surface area contributed by atoms with Crippen LogP contribution in [0, 0.1) is 6.92 Å². The highest BCUT2D eigenvalue weighted by Crippen LogP contribution is 2.38.